The van der Waals surface area contributed by atoms with Crippen LogP contribution in [0, 0.1) is 5.92 Å². The predicted octanol–water partition coefficient (Wildman–Crippen LogP) is 1.25. The zero-order valence-electron chi connectivity index (χ0n) is 7.81. The molecule has 10 heavy (non-hydrogen) atoms. The van der Waals surface area contributed by atoms with E-state index in [1.165, 1.54) is 0 Å². The Kier molecular flexibility index (Phi) is 11.2. The highest BCUT2D eigenvalue weighted by Gasteiger charge is 2.05. The molecule has 0 amide bonds. The highest BCUT2D eigenvalue weighted by Crippen LogP contribution is 1.97. The Bertz CT molecular complexity index is 55.2. The smallest absolute Gasteiger partial charge is 0.0549 e. The van der Waals surface area contributed by atoms with Gasteiger partial charge in [0, 0.05) is 0 Å². The summed E-state index contributed by atoms with van der Waals surface area (Å²) < 4.78 is 0. The molecule has 0 aliphatic heterocycles. The van der Waals surface area contributed by atoms with Crippen LogP contribution in [0.3, 0.4) is 0 Å². The molecular weight excluding hydrogens is 126 g/mol. The van der Waals surface area contributed by atoms with Crippen LogP contribution in [0.25, 0.3) is 0 Å². The van der Waals surface area contributed by atoms with Crippen LogP contribution < -0.4 is 5.32 Å². The maximum Gasteiger partial charge on any atom is 0.0549 e. The van der Waals surface area contributed by atoms with Gasteiger partial charge in [-0.1, -0.05) is 20.8 Å². The maximum atomic E-state index is 8.91. The van der Waals surface area contributed by atoms with Crippen LogP contribution in [0.4, 0.5) is 0 Å². The Morgan fingerprint density at radius 2 is 1.70 bits per heavy atom. The molecule has 2 unspecified atom stereocenters. The minimum absolute atomic E-state index is 0.192. The molecule has 0 aliphatic carbocycles. The van der Waals surface area contributed by atoms with Crippen molar-refractivity contribution in [3.8, 4) is 0 Å². The Balaban J connectivity index is 0. The van der Waals surface area contributed by atoms with E-state index in [4.69, 9.17) is 5.11 Å². The SMILES string of the molecule is CC.CNCC(C)C(C)O. The van der Waals surface area contributed by atoms with E-state index in [2.05, 4.69) is 5.32 Å². The van der Waals surface area contributed by atoms with Gasteiger partial charge in [0.05, 0.1) is 6.10 Å². The third kappa shape index (κ3) is 7.92. The third-order valence-corrected chi connectivity index (χ3v) is 1.35. The van der Waals surface area contributed by atoms with E-state index in [1.807, 2.05) is 34.7 Å². The topological polar surface area (TPSA) is 32.3 Å². The van der Waals surface area contributed by atoms with E-state index in [1.54, 1.807) is 0 Å². The minimum Gasteiger partial charge on any atom is -0.393 e. The number of hydrogen-bond donors (Lipinski definition) is 2. The van der Waals surface area contributed by atoms with Gasteiger partial charge >= 0.3 is 0 Å². The van der Waals surface area contributed by atoms with Crippen molar-refractivity contribution in [1.29, 1.82) is 0 Å². The highest BCUT2D eigenvalue weighted by molar-refractivity contribution is 4.59. The highest BCUT2D eigenvalue weighted by atomic mass is 16.3. The molecule has 2 heteroatoms. The zero-order valence-corrected chi connectivity index (χ0v) is 7.81. The molecule has 0 aromatic rings. The summed E-state index contributed by atoms with van der Waals surface area (Å²) in [5.74, 6) is 0.361. The first-order chi connectivity index (χ1) is 4.68. The molecule has 0 heterocycles. The number of aliphatic hydroxyl groups excluding tert-OH is 1. The molecule has 0 radical (unpaired) electrons. The van der Waals surface area contributed by atoms with Gasteiger partial charge in [-0.15, -0.1) is 0 Å². The molecule has 0 bridgehead atoms. The molecular formula is C8H21NO. The fraction of sp³-hybridized carbons (Fsp3) is 1.00. The van der Waals surface area contributed by atoms with Crippen molar-refractivity contribution >= 4 is 0 Å². The number of hydrogen-bond acceptors (Lipinski definition) is 2. The largest absolute Gasteiger partial charge is 0.393 e. The fourth-order valence-electron chi connectivity index (χ4n) is 0.493. The third-order valence-electron chi connectivity index (χ3n) is 1.35. The molecule has 0 fully saturated rings. The van der Waals surface area contributed by atoms with E-state index in [9.17, 15) is 0 Å². The van der Waals surface area contributed by atoms with Crippen LogP contribution in [0.2, 0.25) is 0 Å². The van der Waals surface area contributed by atoms with Gasteiger partial charge in [-0.25, -0.2) is 0 Å². The molecule has 2 atom stereocenters. The summed E-state index contributed by atoms with van der Waals surface area (Å²) in [7, 11) is 1.89. The standard InChI is InChI=1S/C6H15NO.C2H6/c1-5(4-7-3)6(2)8;1-2/h5-8H,4H2,1-3H3;1-2H3. The van der Waals surface area contributed by atoms with Crippen molar-refractivity contribution in [2.45, 2.75) is 33.8 Å². The van der Waals surface area contributed by atoms with Gasteiger partial charge in [0.15, 0.2) is 0 Å². The van der Waals surface area contributed by atoms with Crippen molar-refractivity contribution in [1.82, 2.24) is 5.32 Å². The first-order valence-corrected chi connectivity index (χ1v) is 4.01. The first kappa shape index (κ1) is 12.6. The molecule has 2 N–H and O–H groups in total. The van der Waals surface area contributed by atoms with E-state index >= 15 is 0 Å². The molecule has 0 rings (SSSR count). The van der Waals surface area contributed by atoms with Crippen LogP contribution in [0.5, 0.6) is 0 Å². The average Bonchev–Trinajstić information content (AvgIpc) is 1.93. The second-order valence-electron chi connectivity index (χ2n) is 2.28. The van der Waals surface area contributed by atoms with Crippen molar-refractivity contribution in [2.75, 3.05) is 13.6 Å². The molecule has 0 spiro atoms. The lowest BCUT2D eigenvalue weighted by Crippen LogP contribution is -2.24. The van der Waals surface area contributed by atoms with Crippen molar-refractivity contribution in [2.24, 2.45) is 5.92 Å². The number of aliphatic hydroxyl groups is 1. The summed E-state index contributed by atoms with van der Waals surface area (Å²) in [6, 6.07) is 0. The quantitative estimate of drug-likeness (QED) is 0.629. The van der Waals surface area contributed by atoms with Crippen LogP contribution in [0.15, 0.2) is 0 Å². The summed E-state index contributed by atoms with van der Waals surface area (Å²) in [4.78, 5) is 0. The van der Waals surface area contributed by atoms with E-state index in [-0.39, 0.29) is 6.10 Å². The van der Waals surface area contributed by atoms with E-state index < -0.39 is 0 Å². The van der Waals surface area contributed by atoms with Gasteiger partial charge in [-0.3, -0.25) is 0 Å². The van der Waals surface area contributed by atoms with Gasteiger partial charge in [0.1, 0.15) is 0 Å². The second-order valence-corrected chi connectivity index (χ2v) is 2.28. The summed E-state index contributed by atoms with van der Waals surface area (Å²) in [5.41, 5.74) is 0. The first-order valence-electron chi connectivity index (χ1n) is 4.01. The lowest BCUT2D eigenvalue weighted by atomic mass is 10.1. The van der Waals surface area contributed by atoms with Gasteiger partial charge < -0.3 is 10.4 Å². The monoisotopic (exact) mass is 147 g/mol. The van der Waals surface area contributed by atoms with E-state index in [0.717, 1.165) is 6.54 Å². The molecule has 0 aliphatic rings. The lowest BCUT2D eigenvalue weighted by molar-refractivity contribution is 0.135. The van der Waals surface area contributed by atoms with E-state index in [0.29, 0.717) is 5.92 Å². The average molecular weight is 147 g/mol. The van der Waals surface area contributed by atoms with Gasteiger partial charge in [-0.2, -0.15) is 0 Å². The zero-order chi connectivity index (χ0) is 8.57. The Morgan fingerprint density at radius 1 is 1.30 bits per heavy atom. The van der Waals surface area contributed by atoms with Gasteiger partial charge in [0.2, 0.25) is 0 Å². The van der Waals surface area contributed by atoms with Crippen LogP contribution in [-0.2, 0) is 0 Å². The van der Waals surface area contributed by atoms with Crippen LogP contribution in [0.1, 0.15) is 27.7 Å². The number of rotatable bonds is 3. The van der Waals surface area contributed by atoms with Crippen LogP contribution >= 0.6 is 0 Å². The normalized spacial score (nSPS) is 15.0. The Labute approximate surface area is 64.6 Å². The second kappa shape index (κ2) is 8.92. The summed E-state index contributed by atoms with van der Waals surface area (Å²) >= 11 is 0. The van der Waals surface area contributed by atoms with Crippen molar-refractivity contribution in [3.63, 3.8) is 0 Å². The summed E-state index contributed by atoms with van der Waals surface area (Å²) in [5, 5.41) is 11.9. The van der Waals surface area contributed by atoms with Crippen molar-refractivity contribution in [3.05, 3.63) is 0 Å². The lowest BCUT2D eigenvalue weighted by Gasteiger charge is -2.12. The molecule has 64 valence electrons. The van der Waals surface area contributed by atoms with Crippen LogP contribution in [-0.4, -0.2) is 24.8 Å². The summed E-state index contributed by atoms with van der Waals surface area (Å²) in [6.45, 7) is 8.71. The molecule has 0 saturated heterocycles. The molecule has 0 saturated carbocycles. The predicted molar refractivity (Wildman–Crippen MR) is 46.1 cm³/mol. The maximum absolute atomic E-state index is 8.91. The molecule has 0 aromatic carbocycles. The Morgan fingerprint density at radius 3 is 1.80 bits per heavy atom. The summed E-state index contributed by atoms with van der Waals surface area (Å²) in [6.07, 6.45) is -0.192. The Hall–Kier alpha value is -0.0800. The fourth-order valence-corrected chi connectivity index (χ4v) is 0.493. The van der Waals surface area contributed by atoms with Crippen molar-refractivity contribution < 1.29 is 5.11 Å². The number of nitrogens with one attached hydrogen (secondary N) is 1. The molecule has 2 nitrogen and oxygen atoms in total. The molecule has 0 aromatic heterocycles. The van der Waals surface area contributed by atoms with Gasteiger partial charge in [-0.05, 0) is 26.4 Å². The minimum atomic E-state index is -0.192. The van der Waals surface area contributed by atoms with Gasteiger partial charge in [0.25, 0.3) is 0 Å².